The SMILES string of the molecule is CCn1cc(N)cc1C(=O)Nc1sc(C)c(C)c1C#N. The van der Waals surface area contributed by atoms with E-state index in [0.717, 1.165) is 10.4 Å². The molecule has 104 valence electrons. The fourth-order valence-electron chi connectivity index (χ4n) is 2.00. The van der Waals surface area contributed by atoms with Crippen molar-refractivity contribution in [2.24, 2.45) is 0 Å². The maximum absolute atomic E-state index is 12.3. The summed E-state index contributed by atoms with van der Waals surface area (Å²) in [6, 6.07) is 3.78. The molecule has 0 atom stereocenters. The third kappa shape index (κ3) is 2.40. The molecule has 1 amide bonds. The summed E-state index contributed by atoms with van der Waals surface area (Å²) in [4.78, 5) is 13.3. The Balaban J connectivity index is 2.33. The molecule has 0 aliphatic rings. The number of nitrogens with one attached hydrogen (secondary N) is 1. The first-order chi connectivity index (χ1) is 9.47. The van der Waals surface area contributed by atoms with Gasteiger partial charge in [0.1, 0.15) is 16.8 Å². The molecule has 2 aromatic rings. The van der Waals surface area contributed by atoms with Crippen LogP contribution in [0.5, 0.6) is 0 Å². The number of nitrogen functional groups attached to an aromatic ring is 1. The predicted molar refractivity (Wildman–Crippen MR) is 81.0 cm³/mol. The highest BCUT2D eigenvalue weighted by Gasteiger charge is 2.17. The summed E-state index contributed by atoms with van der Waals surface area (Å²) in [7, 11) is 0. The first-order valence-corrected chi connectivity index (χ1v) is 7.06. The van der Waals surface area contributed by atoms with Crippen LogP contribution in [0.25, 0.3) is 0 Å². The zero-order valence-electron chi connectivity index (χ0n) is 11.7. The summed E-state index contributed by atoms with van der Waals surface area (Å²) < 4.78 is 1.78. The summed E-state index contributed by atoms with van der Waals surface area (Å²) in [5.41, 5.74) is 8.22. The highest BCUT2D eigenvalue weighted by Crippen LogP contribution is 2.32. The summed E-state index contributed by atoms with van der Waals surface area (Å²) in [6.07, 6.45) is 1.73. The van der Waals surface area contributed by atoms with Crippen LogP contribution in [-0.4, -0.2) is 10.5 Å². The zero-order chi connectivity index (χ0) is 14.9. The van der Waals surface area contributed by atoms with E-state index in [1.54, 1.807) is 16.8 Å². The average molecular weight is 288 g/mol. The lowest BCUT2D eigenvalue weighted by atomic mass is 10.2. The summed E-state index contributed by atoms with van der Waals surface area (Å²) >= 11 is 1.41. The maximum atomic E-state index is 12.3. The Kier molecular flexibility index (Phi) is 3.81. The Hall–Kier alpha value is -2.26. The standard InChI is InChI=1S/C14H16N4OS/c1-4-18-7-10(16)5-12(18)13(19)17-14-11(6-15)8(2)9(3)20-14/h5,7H,4,16H2,1-3H3,(H,17,19). The van der Waals surface area contributed by atoms with E-state index in [1.807, 2.05) is 20.8 Å². The van der Waals surface area contributed by atoms with Crippen LogP contribution in [0.2, 0.25) is 0 Å². The molecule has 0 aliphatic carbocycles. The van der Waals surface area contributed by atoms with Crippen molar-refractivity contribution in [1.29, 1.82) is 5.26 Å². The lowest BCUT2D eigenvalue weighted by Gasteiger charge is -2.06. The summed E-state index contributed by atoms with van der Waals surface area (Å²) in [5.74, 6) is -0.249. The number of nitrogens with zero attached hydrogens (tertiary/aromatic N) is 2. The molecule has 0 saturated heterocycles. The quantitative estimate of drug-likeness (QED) is 0.910. The molecular weight excluding hydrogens is 272 g/mol. The molecule has 5 nitrogen and oxygen atoms in total. The van der Waals surface area contributed by atoms with E-state index in [4.69, 9.17) is 5.73 Å². The minimum atomic E-state index is -0.249. The number of hydrogen-bond acceptors (Lipinski definition) is 4. The maximum Gasteiger partial charge on any atom is 0.272 e. The molecule has 3 N–H and O–H groups in total. The molecule has 0 unspecified atom stereocenters. The topological polar surface area (TPSA) is 83.8 Å². The minimum Gasteiger partial charge on any atom is -0.397 e. The number of carbonyl (C=O) groups is 1. The molecule has 0 aliphatic heterocycles. The van der Waals surface area contributed by atoms with Gasteiger partial charge < -0.3 is 15.6 Å². The van der Waals surface area contributed by atoms with E-state index >= 15 is 0 Å². The number of nitriles is 1. The molecule has 2 aromatic heterocycles. The number of thiophene rings is 1. The number of anilines is 2. The molecule has 6 heteroatoms. The Morgan fingerprint density at radius 2 is 2.25 bits per heavy atom. The van der Waals surface area contributed by atoms with E-state index in [9.17, 15) is 10.1 Å². The fraction of sp³-hybridized carbons (Fsp3) is 0.286. The average Bonchev–Trinajstić information content (AvgIpc) is 2.91. The third-order valence-corrected chi connectivity index (χ3v) is 4.34. The van der Waals surface area contributed by atoms with Gasteiger partial charge in [-0.1, -0.05) is 0 Å². The molecule has 0 aromatic carbocycles. The van der Waals surface area contributed by atoms with Crippen molar-refractivity contribution >= 4 is 27.9 Å². The lowest BCUT2D eigenvalue weighted by Crippen LogP contribution is -2.16. The number of aromatic nitrogens is 1. The first kappa shape index (κ1) is 14.2. The summed E-state index contributed by atoms with van der Waals surface area (Å²) in [6.45, 7) is 6.42. The van der Waals surface area contributed by atoms with E-state index in [2.05, 4.69) is 11.4 Å². The second-order valence-corrected chi connectivity index (χ2v) is 5.72. The number of amides is 1. The Labute approximate surface area is 121 Å². The molecule has 0 bridgehead atoms. The molecule has 2 rings (SSSR count). The van der Waals surface area contributed by atoms with Crippen molar-refractivity contribution in [2.75, 3.05) is 11.1 Å². The van der Waals surface area contributed by atoms with Gasteiger partial charge >= 0.3 is 0 Å². The van der Waals surface area contributed by atoms with Crippen LogP contribution >= 0.6 is 11.3 Å². The molecule has 2 heterocycles. The van der Waals surface area contributed by atoms with Crippen LogP contribution in [0.3, 0.4) is 0 Å². The summed E-state index contributed by atoms with van der Waals surface area (Å²) in [5, 5.41) is 12.6. The first-order valence-electron chi connectivity index (χ1n) is 6.25. The van der Waals surface area contributed by atoms with Crippen molar-refractivity contribution in [2.45, 2.75) is 27.3 Å². The highest BCUT2D eigenvalue weighted by molar-refractivity contribution is 7.16. The van der Waals surface area contributed by atoms with Gasteiger partial charge in [0.25, 0.3) is 5.91 Å². The zero-order valence-corrected chi connectivity index (χ0v) is 12.5. The molecule has 0 saturated carbocycles. The van der Waals surface area contributed by atoms with Gasteiger partial charge in [0.2, 0.25) is 0 Å². The van der Waals surface area contributed by atoms with Crippen LogP contribution in [0.1, 0.15) is 33.4 Å². The van der Waals surface area contributed by atoms with Gasteiger partial charge in [-0.3, -0.25) is 4.79 Å². The van der Waals surface area contributed by atoms with Gasteiger partial charge in [-0.05, 0) is 32.4 Å². The van der Waals surface area contributed by atoms with Crippen molar-refractivity contribution < 1.29 is 4.79 Å². The highest BCUT2D eigenvalue weighted by atomic mass is 32.1. The molecule has 0 spiro atoms. The van der Waals surface area contributed by atoms with Gasteiger partial charge in [-0.25, -0.2) is 0 Å². The smallest absolute Gasteiger partial charge is 0.272 e. The Bertz CT molecular complexity index is 706. The largest absolute Gasteiger partial charge is 0.397 e. The fourth-order valence-corrected chi connectivity index (χ4v) is 3.01. The van der Waals surface area contributed by atoms with Gasteiger partial charge in [-0.2, -0.15) is 5.26 Å². The Morgan fingerprint density at radius 3 is 2.85 bits per heavy atom. The minimum absolute atomic E-state index is 0.249. The monoisotopic (exact) mass is 288 g/mol. The number of carbonyl (C=O) groups excluding carboxylic acids is 1. The third-order valence-electron chi connectivity index (χ3n) is 3.22. The number of rotatable bonds is 3. The van der Waals surface area contributed by atoms with Crippen molar-refractivity contribution in [1.82, 2.24) is 4.57 Å². The van der Waals surface area contributed by atoms with Crippen LogP contribution < -0.4 is 11.1 Å². The van der Waals surface area contributed by atoms with Gasteiger partial charge in [0.15, 0.2) is 0 Å². The van der Waals surface area contributed by atoms with Crippen molar-refractivity contribution in [3.05, 3.63) is 34.0 Å². The predicted octanol–water partition coefficient (Wildman–Crippen LogP) is 2.89. The molecule has 0 fully saturated rings. The van der Waals surface area contributed by atoms with Gasteiger partial charge in [0.05, 0.1) is 11.3 Å². The Morgan fingerprint density at radius 1 is 1.55 bits per heavy atom. The van der Waals surface area contributed by atoms with Crippen LogP contribution in [0.15, 0.2) is 12.3 Å². The van der Waals surface area contributed by atoms with Crippen LogP contribution in [0, 0.1) is 25.2 Å². The van der Waals surface area contributed by atoms with E-state index < -0.39 is 0 Å². The van der Waals surface area contributed by atoms with Gasteiger partial charge in [0, 0.05) is 17.6 Å². The molecule has 20 heavy (non-hydrogen) atoms. The van der Waals surface area contributed by atoms with E-state index in [0.29, 0.717) is 28.5 Å². The van der Waals surface area contributed by atoms with E-state index in [-0.39, 0.29) is 5.91 Å². The van der Waals surface area contributed by atoms with Crippen LogP contribution in [-0.2, 0) is 6.54 Å². The van der Waals surface area contributed by atoms with Crippen molar-refractivity contribution in [3.63, 3.8) is 0 Å². The molecule has 0 radical (unpaired) electrons. The van der Waals surface area contributed by atoms with E-state index in [1.165, 1.54) is 11.3 Å². The number of aryl methyl sites for hydroxylation is 2. The van der Waals surface area contributed by atoms with Gasteiger partial charge in [-0.15, -0.1) is 11.3 Å². The normalized spacial score (nSPS) is 10.3. The second-order valence-electron chi connectivity index (χ2n) is 4.50. The lowest BCUT2D eigenvalue weighted by molar-refractivity contribution is 0.101. The molecular formula is C14H16N4OS. The van der Waals surface area contributed by atoms with Crippen molar-refractivity contribution in [3.8, 4) is 6.07 Å². The second kappa shape index (κ2) is 5.39. The van der Waals surface area contributed by atoms with Crippen LogP contribution in [0.4, 0.5) is 10.7 Å². The number of hydrogen-bond donors (Lipinski definition) is 2. The number of nitrogens with two attached hydrogens (primary N) is 1.